The lowest BCUT2D eigenvalue weighted by Crippen LogP contribution is -2.05. The highest BCUT2D eigenvalue weighted by Gasteiger charge is 2.25. The number of benzene rings is 2. The van der Waals surface area contributed by atoms with E-state index in [1.54, 1.807) is 41.9 Å². The number of rotatable bonds is 6. The predicted octanol–water partition coefficient (Wildman–Crippen LogP) is 3.97. The van der Waals surface area contributed by atoms with Gasteiger partial charge in [0.1, 0.15) is 12.4 Å². The molecule has 29 heavy (non-hydrogen) atoms. The van der Waals surface area contributed by atoms with Crippen LogP contribution >= 0.6 is 11.3 Å². The monoisotopic (exact) mass is 407 g/mol. The van der Waals surface area contributed by atoms with Gasteiger partial charge in [-0.15, -0.1) is 11.3 Å². The molecule has 0 unspecified atom stereocenters. The molecular formula is C20H13N3O5S. The van der Waals surface area contributed by atoms with E-state index in [4.69, 9.17) is 9.47 Å². The summed E-state index contributed by atoms with van der Waals surface area (Å²) in [6.45, 7) is 0.382. The largest absolute Gasteiger partial charge is 0.487 e. The third-order valence-corrected chi connectivity index (χ3v) is 4.61. The lowest BCUT2D eigenvalue weighted by Gasteiger charge is -2.04. The standard InChI is InChI=1S/C20H13N3O5S/c24-20-18(22-19(28-20)14-2-1-3-16(9-14)23(25)26)8-13-4-6-17(7-5-13)27-10-15-11-29-12-21-15/h1-9,11-12H,10H2. The van der Waals surface area contributed by atoms with Crippen LogP contribution in [0.25, 0.3) is 6.08 Å². The number of nitro benzene ring substituents is 1. The van der Waals surface area contributed by atoms with Crippen molar-refractivity contribution in [1.82, 2.24) is 4.98 Å². The number of carbonyl (C=O) groups excluding carboxylic acids is 1. The van der Waals surface area contributed by atoms with Crippen LogP contribution < -0.4 is 4.74 Å². The van der Waals surface area contributed by atoms with E-state index in [0.717, 1.165) is 11.3 Å². The highest BCUT2D eigenvalue weighted by molar-refractivity contribution is 7.07. The van der Waals surface area contributed by atoms with Gasteiger partial charge in [-0.1, -0.05) is 18.2 Å². The van der Waals surface area contributed by atoms with Gasteiger partial charge in [-0.3, -0.25) is 10.1 Å². The molecule has 0 spiro atoms. The van der Waals surface area contributed by atoms with Gasteiger partial charge in [-0.25, -0.2) is 14.8 Å². The molecular weight excluding hydrogens is 394 g/mol. The van der Waals surface area contributed by atoms with E-state index in [0.29, 0.717) is 17.9 Å². The van der Waals surface area contributed by atoms with Crippen LogP contribution in [0.1, 0.15) is 16.8 Å². The van der Waals surface area contributed by atoms with Gasteiger partial charge in [0.05, 0.1) is 16.1 Å². The molecule has 144 valence electrons. The minimum Gasteiger partial charge on any atom is -0.487 e. The van der Waals surface area contributed by atoms with E-state index < -0.39 is 10.9 Å². The molecule has 0 amide bonds. The number of aliphatic imine (C=N–C) groups is 1. The average molecular weight is 407 g/mol. The van der Waals surface area contributed by atoms with E-state index >= 15 is 0 Å². The third-order valence-electron chi connectivity index (χ3n) is 3.98. The van der Waals surface area contributed by atoms with Crippen LogP contribution in [0.2, 0.25) is 0 Å². The average Bonchev–Trinajstić information content (AvgIpc) is 3.38. The predicted molar refractivity (Wildman–Crippen MR) is 107 cm³/mol. The van der Waals surface area contributed by atoms with Gasteiger partial charge in [0.15, 0.2) is 5.70 Å². The van der Waals surface area contributed by atoms with Gasteiger partial charge in [-0.2, -0.15) is 0 Å². The number of non-ortho nitro benzene ring substituents is 1. The Balaban J connectivity index is 1.49. The van der Waals surface area contributed by atoms with E-state index in [9.17, 15) is 14.9 Å². The number of hydrogen-bond donors (Lipinski definition) is 0. The summed E-state index contributed by atoms with van der Waals surface area (Å²) in [5.41, 5.74) is 3.72. The molecule has 0 radical (unpaired) electrons. The van der Waals surface area contributed by atoms with Crippen LogP contribution in [0, 0.1) is 10.1 Å². The van der Waals surface area contributed by atoms with Gasteiger partial charge in [-0.05, 0) is 29.8 Å². The van der Waals surface area contributed by atoms with Crippen molar-refractivity contribution < 1.29 is 19.2 Å². The van der Waals surface area contributed by atoms with E-state index in [-0.39, 0.29) is 17.3 Å². The number of nitrogens with zero attached hydrogens (tertiary/aromatic N) is 3. The van der Waals surface area contributed by atoms with Crippen molar-refractivity contribution in [2.45, 2.75) is 6.61 Å². The molecule has 2 aromatic carbocycles. The summed E-state index contributed by atoms with van der Waals surface area (Å²) in [7, 11) is 0. The highest BCUT2D eigenvalue weighted by Crippen LogP contribution is 2.22. The number of esters is 1. The van der Waals surface area contributed by atoms with Gasteiger partial charge in [0.2, 0.25) is 5.90 Å². The minimum absolute atomic E-state index is 0.0353. The van der Waals surface area contributed by atoms with Gasteiger partial charge in [0.25, 0.3) is 5.69 Å². The Labute approximate surface area is 168 Å². The quantitative estimate of drug-likeness (QED) is 0.265. The Hall–Kier alpha value is -3.85. The smallest absolute Gasteiger partial charge is 0.363 e. The number of ether oxygens (including phenoxy) is 2. The van der Waals surface area contributed by atoms with Crippen molar-refractivity contribution >= 4 is 35.0 Å². The second-order valence-corrected chi connectivity index (χ2v) is 6.70. The lowest BCUT2D eigenvalue weighted by atomic mass is 10.2. The van der Waals surface area contributed by atoms with Crippen LogP contribution in [0.15, 0.2) is 70.1 Å². The summed E-state index contributed by atoms with van der Waals surface area (Å²) in [5, 5.41) is 12.8. The van der Waals surface area contributed by atoms with E-state index in [2.05, 4.69) is 9.98 Å². The molecule has 0 bridgehead atoms. The molecule has 9 heteroatoms. The molecule has 0 saturated carbocycles. The third kappa shape index (κ3) is 4.36. The molecule has 4 rings (SSSR count). The zero-order valence-electron chi connectivity index (χ0n) is 14.8. The van der Waals surface area contributed by atoms with Crippen molar-refractivity contribution in [1.29, 1.82) is 0 Å². The van der Waals surface area contributed by atoms with Crippen LogP contribution in [0.4, 0.5) is 5.69 Å². The summed E-state index contributed by atoms with van der Waals surface area (Å²) in [6, 6.07) is 12.9. The zero-order valence-corrected chi connectivity index (χ0v) is 15.7. The van der Waals surface area contributed by atoms with Crippen LogP contribution in [0.3, 0.4) is 0 Å². The zero-order chi connectivity index (χ0) is 20.2. The van der Waals surface area contributed by atoms with Crippen LogP contribution in [-0.4, -0.2) is 21.8 Å². The summed E-state index contributed by atoms with van der Waals surface area (Å²) >= 11 is 1.51. The first kappa shape index (κ1) is 18.5. The fourth-order valence-electron chi connectivity index (χ4n) is 2.57. The number of nitro groups is 1. The van der Waals surface area contributed by atoms with Crippen molar-refractivity contribution in [2.75, 3.05) is 0 Å². The number of aromatic nitrogens is 1. The first-order valence-electron chi connectivity index (χ1n) is 8.46. The Morgan fingerprint density at radius 2 is 2.03 bits per heavy atom. The molecule has 0 aliphatic carbocycles. The van der Waals surface area contributed by atoms with Crippen molar-refractivity contribution in [3.8, 4) is 5.75 Å². The summed E-state index contributed by atoms with van der Waals surface area (Å²) in [4.78, 5) is 30.8. The fraction of sp³-hybridized carbons (Fsp3) is 0.0500. The second kappa shape index (κ2) is 8.03. The molecule has 1 aliphatic heterocycles. The number of carbonyl (C=O) groups is 1. The Morgan fingerprint density at radius 1 is 1.21 bits per heavy atom. The maximum atomic E-state index is 12.1. The summed E-state index contributed by atoms with van der Waals surface area (Å²) in [6.07, 6.45) is 1.58. The Bertz CT molecular complexity index is 1120. The van der Waals surface area contributed by atoms with Crippen molar-refractivity contribution in [2.24, 2.45) is 4.99 Å². The summed E-state index contributed by atoms with van der Waals surface area (Å²) in [5.74, 6) is 0.0958. The van der Waals surface area contributed by atoms with Crippen molar-refractivity contribution in [3.63, 3.8) is 0 Å². The van der Waals surface area contributed by atoms with E-state index in [1.165, 1.54) is 29.5 Å². The van der Waals surface area contributed by atoms with E-state index in [1.807, 2.05) is 5.38 Å². The first-order chi connectivity index (χ1) is 14.1. The maximum absolute atomic E-state index is 12.1. The molecule has 8 nitrogen and oxygen atoms in total. The molecule has 0 fully saturated rings. The van der Waals surface area contributed by atoms with Crippen LogP contribution in [-0.2, 0) is 16.1 Å². The topological polar surface area (TPSA) is 104 Å². The van der Waals surface area contributed by atoms with Gasteiger partial charge in [0, 0.05) is 23.1 Å². The molecule has 2 heterocycles. The number of thiazole rings is 1. The minimum atomic E-state index is -0.615. The molecule has 0 N–H and O–H groups in total. The molecule has 0 saturated heterocycles. The first-order valence-corrected chi connectivity index (χ1v) is 9.40. The normalized spacial score (nSPS) is 14.6. The SMILES string of the molecule is O=C1OC(c2cccc([N+](=O)[O-])c2)=NC1=Cc1ccc(OCc2cscn2)cc1. The summed E-state index contributed by atoms with van der Waals surface area (Å²) < 4.78 is 10.8. The number of cyclic esters (lactones) is 1. The van der Waals surface area contributed by atoms with Crippen molar-refractivity contribution in [3.05, 3.63) is 92.1 Å². The fourth-order valence-corrected chi connectivity index (χ4v) is 3.11. The second-order valence-electron chi connectivity index (χ2n) is 5.98. The molecule has 1 aliphatic rings. The maximum Gasteiger partial charge on any atom is 0.363 e. The number of hydrogen-bond acceptors (Lipinski definition) is 8. The Morgan fingerprint density at radius 3 is 2.76 bits per heavy atom. The van der Waals surface area contributed by atoms with Crippen LogP contribution in [0.5, 0.6) is 5.75 Å². The molecule has 1 aromatic heterocycles. The lowest BCUT2D eigenvalue weighted by molar-refractivity contribution is -0.384. The van der Waals surface area contributed by atoms with Gasteiger partial charge < -0.3 is 9.47 Å². The highest BCUT2D eigenvalue weighted by atomic mass is 32.1. The molecule has 0 atom stereocenters. The molecule has 3 aromatic rings. The van der Waals surface area contributed by atoms with Gasteiger partial charge >= 0.3 is 5.97 Å². The Kier molecular flexibility index (Phi) is 5.12.